The summed E-state index contributed by atoms with van der Waals surface area (Å²) in [6.07, 6.45) is 0.527. The third-order valence-electron chi connectivity index (χ3n) is 3.08. The minimum Gasteiger partial charge on any atom is -0.478 e. The van der Waals surface area contributed by atoms with Crippen LogP contribution in [0.15, 0.2) is 17.0 Å². The molecule has 1 heterocycles. The number of carboxylic acid groups (broad SMARTS) is 1. The maximum absolute atomic E-state index is 13.7. The number of hydrogen-bond acceptors (Lipinski definition) is 4. The lowest BCUT2D eigenvalue weighted by molar-refractivity contribution is 0.0696. The topological polar surface area (TPSA) is 92.7 Å². The Morgan fingerprint density at radius 2 is 2.20 bits per heavy atom. The lowest BCUT2D eigenvalue weighted by Crippen LogP contribution is -2.35. The summed E-state index contributed by atoms with van der Waals surface area (Å²) >= 11 is 0. The van der Waals surface area contributed by atoms with E-state index in [-0.39, 0.29) is 23.1 Å². The number of carbonyl (C=O) groups is 1. The van der Waals surface area contributed by atoms with E-state index in [0.717, 1.165) is 12.1 Å². The summed E-state index contributed by atoms with van der Waals surface area (Å²) in [5.74, 6) is -2.25. The van der Waals surface area contributed by atoms with Gasteiger partial charge in [0.2, 0.25) is 10.0 Å². The number of halogens is 1. The van der Waals surface area contributed by atoms with Gasteiger partial charge in [-0.2, -0.15) is 0 Å². The average molecular weight is 303 g/mol. The van der Waals surface area contributed by atoms with E-state index in [1.807, 2.05) is 0 Å². The number of hydrogen-bond donors (Lipinski definition) is 2. The Morgan fingerprint density at radius 3 is 2.75 bits per heavy atom. The van der Waals surface area contributed by atoms with E-state index in [1.165, 1.54) is 6.92 Å². The SMILES string of the molecule is Cc1c(F)cc(C(=O)O)cc1S(=O)(=O)NC1CCOC1. The van der Waals surface area contributed by atoms with E-state index < -0.39 is 27.4 Å². The molecule has 1 aliphatic heterocycles. The third-order valence-corrected chi connectivity index (χ3v) is 4.73. The van der Waals surface area contributed by atoms with Crippen LogP contribution in [-0.4, -0.2) is 38.7 Å². The molecule has 1 unspecified atom stereocenters. The van der Waals surface area contributed by atoms with Gasteiger partial charge in [0.1, 0.15) is 5.82 Å². The molecule has 20 heavy (non-hydrogen) atoms. The maximum Gasteiger partial charge on any atom is 0.335 e. The van der Waals surface area contributed by atoms with Crippen molar-refractivity contribution in [1.29, 1.82) is 0 Å². The Balaban J connectivity index is 2.41. The summed E-state index contributed by atoms with van der Waals surface area (Å²) < 4.78 is 45.5. The largest absolute Gasteiger partial charge is 0.478 e. The van der Waals surface area contributed by atoms with E-state index in [0.29, 0.717) is 13.0 Å². The predicted molar refractivity (Wildman–Crippen MR) is 67.6 cm³/mol. The highest BCUT2D eigenvalue weighted by molar-refractivity contribution is 7.89. The third kappa shape index (κ3) is 2.97. The molecule has 0 spiro atoms. The molecule has 1 saturated heterocycles. The monoisotopic (exact) mass is 303 g/mol. The zero-order valence-electron chi connectivity index (χ0n) is 10.7. The van der Waals surface area contributed by atoms with E-state index >= 15 is 0 Å². The minimum absolute atomic E-state index is 0.110. The summed E-state index contributed by atoms with van der Waals surface area (Å²) in [7, 11) is -3.99. The lowest BCUT2D eigenvalue weighted by Gasteiger charge is -2.14. The zero-order chi connectivity index (χ0) is 14.9. The first-order valence-corrected chi connectivity index (χ1v) is 7.43. The summed E-state index contributed by atoms with van der Waals surface area (Å²) in [4.78, 5) is 10.5. The number of sulfonamides is 1. The molecule has 110 valence electrons. The molecular weight excluding hydrogens is 289 g/mol. The molecule has 0 radical (unpaired) electrons. The molecule has 6 nitrogen and oxygen atoms in total. The van der Waals surface area contributed by atoms with Crippen molar-refractivity contribution in [2.75, 3.05) is 13.2 Å². The van der Waals surface area contributed by atoms with Crippen molar-refractivity contribution in [3.63, 3.8) is 0 Å². The number of benzene rings is 1. The fourth-order valence-electron chi connectivity index (χ4n) is 1.97. The van der Waals surface area contributed by atoms with Gasteiger partial charge in [0.15, 0.2) is 0 Å². The molecule has 0 aromatic heterocycles. The molecule has 1 atom stereocenters. The number of aromatic carboxylic acids is 1. The van der Waals surface area contributed by atoms with Gasteiger partial charge in [-0.1, -0.05) is 0 Å². The van der Waals surface area contributed by atoms with Crippen molar-refractivity contribution >= 4 is 16.0 Å². The maximum atomic E-state index is 13.7. The van der Waals surface area contributed by atoms with Crippen LogP contribution < -0.4 is 4.72 Å². The van der Waals surface area contributed by atoms with Crippen LogP contribution in [-0.2, 0) is 14.8 Å². The van der Waals surface area contributed by atoms with Gasteiger partial charge in [-0.25, -0.2) is 22.3 Å². The Morgan fingerprint density at radius 1 is 1.50 bits per heavy atom. The summed E-state index contributed by atoms with van der Waals surface area (Å²) in [5, 5.41) is 8.87. The number of rotatable bonds is 4. The van der Waals surface area contributed by atoms with Crippen LogP contribution in [0.5, 0.6) is 0 Å². The first-order valence-electron chi connectivity index (χ1n) is 5.95. The molecule has 0 amide bonds. The quantitative estimate of drug-likeness (QED) is 0.862. The van der Waals surface area contributed by atoms with E-state index in [2.05, 4.69) is 4.72 Å². The average Bonchev–Trinajstić information content (AvgIpc) is 2.83. The van der Waals surface area contributed by atoms with Crippen LogP contribution in [0.1, 0.15) is 22.3 Å². The van der Waals surface area contributed by atoms with Crippen LogP contribution >= 0.6 is 0 Å². The van der Waals surface area contributed by atoms with Gasteiger partial charge in [-0.05, 0) is 25.5 Å². The number of ether oxygens (including phenoxy) is 1. The summed E-state index contributed by atoms with van der Waals surface area (Å²) in [5.41, 5.74) is -0.516. The fourth-order valence-corrected chi connectivity index (χ4v) is 3.50. The molecule has 2 N–H and O–H groups in total. The van der Waals surface area contributed by atoms with Gasteiger partial charge in [-0.15, -0.1) is 0 Å². The first kappa shape index (κ1) is 14.9. The second kappa shape index (κ2) is 5.47. The van der Waals surface area contributed by atoms with Crippen molar-refractivity contribution in [1.82, 2.24) is 4.72 Å². The van der Waals surface area contributed by atoms with Crippen molar-refractivity contribution < 1.29 is 27.4 Å². The molecule has 0 bridgehead atoms. The Labute approximate surface area is 115 Å². The smallest absolute Gasteiger partial charge is 0.335 e. The van der Waals surface area contributed by atoms with E-state index in [4.69, 9.17) is 9.84 Å². The molecule has 1 fully saturated rings. The summed E-state index contributed by atoms with van der Waals surface area (Å²) in [6.45, 7) is 2.00. The predicted octanol–water partition coefficient (Wildman–Crippen LogP) is 0.900. The standard InChI is InChI=1S/C12H14FNO5S/c1-7-10(13)4-8(12(15)16)5-11(7)20(17,18)14-9-2-3-19-6-9/h4-5,9,14H,2-3,6H2,1H3,(H,15,16). The molecule has 1 aliphatic rings. The normalized spacial score (nSPS) is 19.2. The minimum atomic E-state index is -3.99. The van der Waals surface area contributed by atoms with Gasteiger partial charge in [0.25, 0.3) is 0 Å². The molecule has 8 heteroatoms. The summed E-state index contributed by atoms with van der Waals surface area (Å²) in [6, 6.07) is 1.38. The van der Waals surface area contributed by atoms with Crippen molar-refractivity contribution in [3.8, 4) is 0 Å². The van der Waals surface area contributed by atoms with Gasteiger partial charge < -0.3 is 9.84 Å². The molecule has 2 rings (SSSR count). The van der Waals surface area contributed by atoms with Crippen LogP contribution in [0.2, 0.25) is 0 Å². The molecular formula is C12H14FNO5S. The van der Waals surface area contributed by atoms with Crippen molar-refractivity contribution in [3.05, 3.63) is 29.1 Å². The second-order valence-electron chi connectivity index (χ2n) is 4.57. The second-order valence-corrected chi connectivity index (χ2v) is 6.25. The highest BCUT2D eigenvalue weighted by Gasteiger charge is 2.26. The van der Waals surface area contributed by atoms with Crippen LogP contribution in [0.4, 0.5) is 4.39 Å². The van der Waals surface area contributed by atoms with Crippen molar-refractivity contribution in [2.24, 2.45) is 0 Å². The molecule has 0 aliphatic carbocycles. The van der Waals surface area contributed by atoms with Crippen LogP contribution in [0.3, 0.4) is 0 Å². The highest BCUT2D eigenvalue weighted by atomic mass is 32.2. The number of carboxylic acids is 1. The van der Waals surface area contributed by atoms with E-state index in [1.54, 1.807) is 0 Å². The number of nitrogens with one attached hydrogen (secondary N) is 1. The van der Waals surface area contributed by atoms with Gasteiger partial charge in [0, 0.05) is 18.2 Å². The molecule has 1 aromatic carbocycles. The lowest BCUT2D eigenvalue weighted by atomic mass is 10.1. The Kier molecular flexibility index (Phi) is 4.07. The zero-order valence-corrected chi connectivity index (χ0v) is 11.5. The van der Waals surface area contributed by atoms with Crippen LogP contribution in [0, 0.1) is 12.7 Å². The van der Waals surface area contributed by atoms with Gasteiger partial charge in [-0.3, -0.25) is 0 Å². The van der Waals surface area contributed by atoms with Crippen molar-refractivity contribution in [2.45, 2.75) is 24.3 Å². The van der Waals surface area contributed by atoms with Gasteiger partial charge in [0.05, 0.1) is 17.1 Å². The van der Waals surface area contributed by atoms with Crippen LogP contribution in [0.25, 0.3) is 0 Å². The van der Waals surface area contributed by atoms with E-state index in [9.17, 15) is 17.6 Å². The molecule has 0 saturated carbocycles. The van der Waals surface area contributed by atoms with Gasteiger partial charge >= 0.3 is 5.97 Å². The first-order chi connectivity index (χ1) is 9.31. The fraction of sp³-hybridized carbons (Fsp3) is 0.417. The molecule has 1 aromatic rings. The highest BCUT2D eigenvalue weighted by Crippen LogP contribution is 2.21. The Bertz CT molecular complexity index is 637. The Hall–Kier alpha value is -1.51.